The van der Waals surface area contributed by atoms with Gasteiger partial charge in [-0.15, -0.1) is 10.2 Å². The Labute approximate surface area is 161 Å². The molecule has 0 aliphatic rings. The maximum absolute atomic E-state index is 13.3. The van der Waals surface area contributed by atoms with Gasteiger partial charge in [0.15, 0.2) is 16.1 Å². The smallest absolute Gasteiger partial charge is 0.236 e. The molecular weight excluding hydrogens is 389 g/mol. The van der Waals surface area contributed by atoms with Gasteiger partial charge in [0.05, 0.1) is 27.8 Å². The van der Waals surface area contributed by atoms with E-state index >= 15 is 0 Å². The Morgan fingerprint density at radius 1 is 1.37 bits per heavy atom. The van der Waals surface area contributed by atoms with Crippen LogP contribution >= 0.6 is 23.1 Å². The average molecular weight is 403 g/mol. The first kappa shape index (κ1) is 17.7. The van der Waals surface area contributed by atoms with Crippen LogP contribution < -0.4 is 5.32 Å². The standard InChI is InChI=1S/C17H14FN5O2S2/c1-9-11(5-6-25-9)15-21-22-17(23(15)2)26-8-14(24)20-16-19-12-4-3-10(18)7-13(12)27-16/h3-7H,8H2,1-2H3,(H,19,20,24). The first-order valence-corrected chi connectivity index (χ1v) is 9.74. The van der Waals surface area contributed by atoms with Crippen LogP contribution in [0, 0.1) is 12.7 Å². The minimum Gasteiger partial charge on any atom is -0.469 e. The first-order chi connectivity index (χ1) is 13.0. The first-order valence-electron chi connectivity index (χ1n) is 7.94. The number of nitrogens with one attached hydrogen (secondary N) is 1. The number of halogens is 1. The van der Waals surface area contributed by atoms with Crippen molar-refractivity contribution >= 4 is 44.4 Å². The summed E-state index contributed by atoms with van der Waals surface area (Å²) in [6.45, 7) is 1.86. The van der Waals surface area contributed by atoms with Gasteiger partial charge in [0.2, 0.25) is 5.91 Å². The van der Waals surface area contributed by atoms with Crippen molar-refractivity contribution in [1.82, 2.24) is 19.7 Å². The zero-order valence-electron chi connectivity index (χ0n) is 14.4. The molecule has 0 saturated heterocycles. The fraction of sp³-hybridized carbons (Fsp3) is 0.176. The van der Waals surface area contributed by atoms with Crippen molar-refractivity contribution < 1.29 is 13.6 Å². The highest BCUT2D eigenvalue weighted by Gasteiger charge is 2.16. The van der Waals surface area contributed by atoms with E-state index in [9.17, 15) is 9.18 Å². The van der Waals surface area contributed by atoms with Crippen LogP contribution in [-0.2, 0) is 11.8 Å². The molecule has 3 aromatic heterocycles. The molecule has 0 unspecified atom stereocenters. The maximum atomic E-state index is 13.3. The minimum absolute atomic E-state index is 0.153. The molecule has 0 bridgehead atoms. The van der Waals surface area contributed by atoms with Gasteiger partial charge in [-0.3, -0.25) is 4.79 Å². The number of aryl methyl sites for hydroxylation is 1. The van der Waals surface area contributed by atoms with Crippen LogP contribution in [-0.4, -0.2) is 31.4 Å². The van der Waals surface area contributed by atoms with E-state index in [0.717, 1.165) is 11.3 Å². The fourth-order valence-corrected chi connectivity index (χ4v) is 4.15. The van der Waals surface area contributed by atoms with Crippen LogP contribution in [0.2, 0.25) is 0 Å². The molecule has 1 N–H and O–H groups in total. The molecule has 0 aliphatic carbocycles. The van der Waals surface area contributed by atoms with Gasteiger partial charge in [0, 0.05) is 7.05 Å². The number of carbonyl (C=O) groups is 1. The summed E-state index contributed by atoms with van der Waals surface area (Å²) in [6, 6.07) is 6.16. The summed E-state index contributed by atoms with van der Waals surface area (Å²) in [4.78, 5) is 16.5. The topological polar surface area (TPSA) is 85.8 Å². The molecule has 0 aliphatic heterocycles. The quantitative estimate of drug-likeness (QED) is 0.509. The predicted molar refractivity (Wildman–Crippen MR) is 102 cm³/mol. The number of furan rings is 1. The Morgan fingerprint density at radius 2 is 2.22 bits per heavy atom. The van der Waals surface area contributed by atoms with Crippen LogP contribution in [0.4, 0.5) is 9.52 Å². The highest BCUT2D eigenvalue weighted by Crippen LogP contribution is 2.28. The molecular formula is C17H14FN5O2S2. The Balaban J connectivity index is 1.42. The van der Waals surface area contributed by atoms with E-state index in [1.54, 1.807) is 12.3 Å². The summed E-state index contributed by atoms with van der Waals surface area (Å²) in [5.41, 5.74) is 1.51. The normalized spacial score (nSPS) is 11.2. The molecule has 4 aromatic rings. The number of rotatable bonds is 5. The predicted octanol–water partition coefficient (Wildman–Crippen LogP) is 3.86. The van der Waals surface area contributed by atoms with E-state index in [2.05, 4.69) is 20.5 Å². The van der Waals surface area contributed by atoms with Crippen molar-refractivity contribution in [2.24, 2.45) is 7.05 Å². The molecule has 7 nitrogen and oxygen atoms in total. The van der Waals surface area contributed by atoms with Crippen LogP contribution in [0.15, 0.2) is 40.1 Å². The molecule has 1 aromatic carbocycles. The van der Waals surface area contributed by atoms with Gasteiger partial charge < -0.3 is 14.3 Å². The van der Waals surface area contributed by atoms with Gasteiger partial charge in [0.1, 0.15) is 11.6 Å². The molecule has 10 heteroatoms. The lowest BCUT2D eigenvalue weighted by molar-refractivity contribution is -0.113. The lowest BCUT2D eigenvalue weighted by Crippen LogP contribution is -2.14. The van der Waals surface area contributed by atoms with Crippen LogP contribution in [0.5, 0.6) is 0 Å². The number of aromatic nitrogens is 4. The second-order valence-electron chi connectivity index (χ2n) is 5.72. The molecule has 0 spiro atoms. The number of thioether (sulfide) groups is 1. The molecule has 4 rings (SSSR count). The lowest BCUT2D eigenvalue weighted by Gasteiger charge is -2.03. The number of carbonyl (C=O) groups excluding carboxylic acids is 1. The van der Waals surface area contributed by atoms with Crippen LogP contribution in [0.1, 0.15) is 5.76 Å². The van der Waals surface area contributed by atoms with E-state index in [1.807, 2.05) is 24.6 Å². The van der Waals surface area contributed by atoms with E-state index in [0.29, 0.717) is 26.3 Å². The molecule has 0 radical (unpaired) electrons. The van der Waals surface area contributed by atoms with Gasteiger partial charge in [-0.1, -0.05) is 23.1 Å². The van der Waals surface area contributed by atoms with E-state index in [-0.39, 0.29) is 17.5 Å². The summed E-state index contributed by atoms with van der Waals surface area (Å²) in [5.74, 6) is 1.04. The molecule has 27 heavy (non-hydrogen) atoms. The summed E-state index contributed by atoms with van der Waals surface area (Å²) < 4.78 is 21.1. The van der Waals surface area contributed by atoms with Crippen molar-refractivity contribution in [3.05, 3.63) is 42.1 Å². The van der Waals surface area contributed by atoms with Crippen molar-refractivity contribution in [1.29, 1.82) is 0 Å². The Kier molecular flexibility index (Phi) is 4.66. The Morgan fingerprint density at radius 3 is 3.00 bits per heavy atom. The molecule has 1 amide bonds. The lowest BCUT2D eigenvalue weighted by atomic mass is 10.2. The third kappa shape index (κ3) is 3.58. The van der Waals surface area contributed by atoms with Crippen molar-refractivity contribution in [3.63, 3.8) is 0 Å². The van der Waals surface area contributed by atoms with Gasteiger partial charge in [-0.25, -0.2) is 9.37 Å². The number of hydrogen-bond donors (Lipinski definition) is 1. The van der Waals surface area contributed by atoms with E-state index in [4.69, 9.17) is 4.42 Å². The molecule has 0 fully saturated rings. The number of benzene rings is 1. The highest BCUT2D eigenvalue weighted by atomic mass is 32.2. The largest absolute Gasteiger partial charge is 0.469 e. The summed E-state index contributed by atoms with van der Waals surface area (Å²) >= 11 is 2.50. The summed E-state index contributed by atoms with van der Waals surface area (Å²) in [6.07, 6.45) is 1.60. The molecule has 0 atom stereocenters. The Hall–Kier alpha value is -2.72. The van der Waals surface area contributed by atoms with Gasteiger partial charge in [-0.2, -0.15) is 0 Å². The Bertz CT molecular complexity index is 1130. The number of anilines is 1. The van der Waals surface area contributed by atoms with Gasteiger partial charge >= 0.3 is 0 Å². The van der Waals surface area contributed by atoms with Gasteiger partial charge in [-0.05, 0) is 31.2 Å². The minimum atomic E-state index is -0.328. The fourth-order valence-electron chi connectivity index (χ4n) is 2.53. The molecule has 0 saturated carbocycles. The highest BCUT2D eigenvalue weighted by molar-refractivity contribution is 7.99. The van der Waals surface area contributed by atoms with Crippen molar-refractivity contribution in [2.75, 3.05) is 11.1 Å². The molecule has 138 valence electrons. The zero-order valence-corrected chi connectivity index (χ0v) is 16.0. The van der Waals surface area contributed by atoms with Crippen molar-refractivity contribution in [2.45, 2.75) is 12.1 Å². The number of fused-ring (bicyclic) bond motifs is 1. The third-order valence-corrected chi connectivity index (χ3v) is 5.82. The zero-order chi connectivity index (χ0) is 19.0. The van der Waals surface area contributed by atoms with Crippen LogP contribution in [0.25, 0.3) is 21.6 Å². The number of thiazole rings is 1. The van der Waals surface area contributed by atoms with Gasteiger partial charge in [0.25, 0.3) is 0 Å². The van der Waals surface area contributed by atoms with Crippen molar-refractivity contribution in [3.8, 4) is 11.4 Å². The average Bonchev–Trinajstić information content (AvgIpc) is 3.31. The second kappa shape index (κ2) is 7.12. The molecule has 3 heterocycles. The van der Waals surface area contributed by atoms with E-state index < -0.39 is 0 Å². The summed E-state index contributed by atoms with van der Waals surface area (Å²) in [7, 11) is 1.84. The SMILES string of the molecule is Cc1occc1-c1nnc(SCC(=O)Nc2nc3ccc(F)cc3s2)n1C. The maximum Gasteiger partial charge on any atom is 0.236 e. The monoisotopic (exact) mass is 403 g/mol. The number of hydrogen-bond acceptors (Lipinski definition) is 7. The number of nitrogens with zero attached hydrogens (tertiary/aromatic N) is 4. The second-order valence-corrected chi connectivity index (χ2v) is 7.70. The summed E-state index contributed by atoms with van der Waals surface area (Å²) in [5, 5.41) is 12.1. The van der Waals surface area contributed by atoms with Crippen LogP contribution in [0.3, 0.4) is 0 Å². The van der Waals surface area contributed by atoms with E-state index in [1.165, 1.54) is 35.2 Å². The third-order valence-electron chi connectivity index (χ3n) is 3.86. The number of amides is 1.